The van der Waals surface area contributed by atoms with Crippen molar-refractivity contribution in [2.24, 2.45) is 17.8 Å². The Labute approximate surface area is 159 Å². The molecule has 1 saturated heterocycles. The lowest BCUT2D eigenvalue weighted by Crippen LogP contribution is -2.46. The van der Waals surface area contributed by atoms with E-state index in [4.69, 9.17) is 5.11 Å². The summed E-state index contributed by atoms with van der Waals surface area (Å²) in [5, 5.41) is 11.7. The van der Waals surface area contributed by atoms with Crippen molar-refractivity contribution in [1.82, 2.24) is 9.62 Å². The summed E-state index contributed by atoms with van der Waals surface area (Å²) in [6.45, 7) is 5.14. The fraction of sp³-hybridized carbons (Fsp3) is 0.579. The van der Waals surface area contributed by atoms with E-state index in [1.54, 1.807) is 0 Å². The van der Waals surface area contributed by atoms with Crippen LogP contribution in [-0.2, 0) is 14.8 Å². The maximum absolute atomic E-state index is 12.9. The molecule has 2 N–H and O–H groups in total. The summed E-state index contributed by atoms with van der Waals surface area (Å²) in [5.41, 5.74) is 0.369. The summed E-state index contributed by atoms with van der Waals surface area (Å²) in [7, 11) is -3.57. The molecule has 1 aliphatic carbocycles. The molecule has 1 aromatic carbocycles. The first kappa shape index (κ1) is 19.8. The number of nitrogens with zero attached hydrogens (tertiary/aromatic N) is 1. The van der Waals surface area contributed by atoms with Gasteiger partial charge < -0.3 is 10.4 Å². The Bertz CT molecular complexity index is 805. The van der Waals surface area contributed by atoms with Gasteiger partial charge in [-0.25, -0.2) is 8.42 Å². The van der Waals surface area contributed by atoms with Crippen LogP contribution in [0.4, 0.5) is 0 Å². The maximum Gasteiger partial charge on any atom is 0.306 e. The molecule has 7 nitrogen and oxygen atoms in total. The van der Waals surface area contributed by atoms with Crippen LogP contribution >= 0.6 is 0 Å². The van der Waals surface area contributed by atoms with Gasteiger partial charge >= 0.3 is 5.97 Å². The SMILES string of the molecule is CC1CC(C)CN(S(=O)(=O)c2ccc(C(=O)NC3CC(C(=O)O)C3)cc2)C1. The molecule has 0 bridgehead atoms. The van der Waals surface area contributed by atoms with E-state index in [0.29, 0.717) is 43.3 Å². The van der Waals surface area contributed by atoms with Crippen LogP contribution in [0.5, 0.6) is 0 Å². The van der Waals surface area contributed by atoms with Crippen LogP contribution in [0.25, 0.3) is 0 Å². The Morgan fingerprint density at radius 3 is 2.11 bits per heavy atom. The fourth-order valence-electron chi connectivity index (χ4n) is 3.94. The number of carbonyl (C=O) groups excluding carboxylic acids is 1. The number of hydrogen-bond acceptors (Lipinski definition) is 4. The molecule has 1 aromatic rings. The van der Waals surface area contributed by atoms with E-state index in [0.717, 1.165) is 6.42 Å². The average molecular weight is 394 g/mol. The van der Waals surface area contributed by atoms with E-state index in [9.17, 15) is 18.0 Å². The standard InChI is InChI=1S/C19H26N2O5S/c1-12-7-13(2)11-21(10-12)27(25,26)17-5-3-14(4-6-17)18(22)20-16-8-15(9-16)19(23)24/h3-6,12-13,15-16H,7-11H2,1-2H3,(H,20,22)(H,23,24). The van der Waals surface area contributed by atoms with Gasteiger partial charge in [-0.2, -0.15) is 4.31 Å². The summed E-state index contributed by atoms with van der Waals surface area (Å²) in [6.07, 6.45) is 1.88. The summed E-state index contributed by atoms with van der Waals surface area (Å²) in [4.78, 5) is 23.3. The molecule has 3 rings (SSSR count). The minimum atomic E-state index is -3.57. The zero-order valence-electron chi connectivity index (χ0n) is 15.6. The van der Waals surface area contributed by atoms with E-state index >= 15 is 0 Å². The average Bonchev–Trinajstić information content (AvgIpc) is 2.56. The molecule has 8 heteroatoms. The van der Waals surface area contributed by atoms with Crippen LogP contribution in [0.1, 0.15) is 43.5 Å². The lowest BCUT2D eigenvalue weighted by molar-refractivity contribution is -0.145. The van der Waals surface area contributed by atoms with Gasteiger partial charge in [-0.05, 0) is 55.4 Å². The molecule has 2 unspecified atom stereocenters. The highest BCUT2D eigenvalue weighted by atomic mass is 32.2. The second-order valence-corrected chi connectivity index (χ2v) is 9.91. The highest BCUT2D eigenvalue weighted by molar-refractivity contribution is 7.89. The van der Waals surface area contributed by atoms with E-state index in [1.165, 1.54) is 28.6 Å². The number of aliphatic carboxylic acids is 1. The number of benzene rings is 1. The van der Waals surface area contributed by atoms with Crippen molar-refractivity contribution in [3.63, 3.8) is 0 Å². The Hall–Kier alpha value is -1.93. The van der Waals surface area contributed by atoms with Gasteiger partial charge in [-0.1, -0.05) is 13.8 Å². The van der Waals surface area contributed by atoms with Gasteiger partial charge in [0.25, 0.3) is 5.91 Å². The van der Waals surface area contributed by atoms with Crippen LogP contribution in [0.15, 0.2) is 29.2 Å². The first-order chi connectivity index (χ1) is 12.7. The molecule has 1 saturated carbocycles. The van der Waals surface area contributed by atoms with Crippen molar-refractivity contribution in [2.45, 2.75) is 44.0 Å². The van der Waals surface area contributed by atoms with Crippen LogP contribution in [0.3, 0.4) is 0 Å². The van der Waals surface area contributed by atoms with Crippen molar-refractivity contribution in [3.8, 4) is 0 Å². The zero-order chi connectivity index (χ0) is 19.8. The lowest BCUT2D eigenvalue weighted by atomic mass is 9.80. The van der Waals surface area contributed by atoms with Crippen LogP contribution in [0, 0.1) is 17.8 Å². The molecule has 148 valence electrons. The molecule has 2 atom stereocenters. The first-order valence-electron chi connectivity index (χ1n) is 9.30. The van der Waals surface area contributed by atoms with Gasteiger partial charge in [0.2, 0.25) is 10.0 Å². The van der Waals surface area contributed by atoms with Gasteiger partial charge in [-0.3, -0.25) is 9.59 Å². The quantitative estimate of drug-likeness (QED) is 0.794. The minimum Gasteiger partial charge on any atom is -0.481 e. The predicted molar refractivity (Wildman–Crippen MR) is 99.8 cm³/mol. The van der Waals surface area contributed by atoms with E-state index in [-0.39, 0.29) is 16.8 Å². The Morgan fingerprint density at radius 2 is 1.59 bits per heavy atom. The number of piperidine rings is 1. The maximum atomic E-state index is 12.9. The predicted octanol–water partition coefficient (Wildman–Crippen LogP) is 1.95. The van der Waals surface area contributed by atoms with Gasteiger partial charge in [0.1, 0.15) is 0 Å². The number of carbonyl (C=O) groups is 2. The highest BCUT2D eigenvalue weighted by Gasteiger charge is 2.35. The van der Waals surface area contributed by atoms with E-state index in [2.05, 4.69) is 19.2 Å². The second-order valence-electron chi connectivity index (χ2n) is 7.97. The summed E-state index contributed by atoms with van der Waals surface area (Å²) < 4.78 is 27.3. The number of carboxylic acid groups (broad SMARTS) is 1. The molecule has 1 amide bonds. The van der Waals surface area contributed by atoms with Crippen LogP contribution in [-0.4, -0.2) is 48.8 Å². The lowest BCUT2D eigenvalue weighted by Gasteiger charge is -2.34. The number of rotatable bonds is 5. The molecule has 2 fully saturated rings. The first-order valence-corrected chi connectivity index (χ1v) is 10.7. The summed E-state index contributed by atoms with van der Waals surface area (Å²) in [5.74, 6) is -0.891. The Kier molecular flexibility index (Phi) is 5.58. The van der Waals surface area contributed by atoms with Crippen LogP contribution < -0.4 is 5.32 Å². The number of amides is 1. The molecule has 0 spiro atoms. The number of carboxylic acids is 1. The largest absolute Gasteiger partial charge is 0.481 e. The van der Waals surface area contributed by atoms with E-state index in [1.807, 2.05) is 0 Å². The molecule has 0 radical (unpaired) electrons. The Morgan fingerprint density at radius 1 is 1.04 bits per heavy atom. The van der Waals surface area contributed by atoms with Gasteiger partial charge in [-0.15, -0.1) is 0 Å². The van der Waals surface area contributed by atoms with Gasteiger partial charge in [0, 0.05) is 24.7 Å². The van der Waals surface area contributed by atoms with Crippen molar-refractivity contribution >= 4 is 21.9 Å². The number of hydrogen-bond donors (Lipinski definition) is 2. The third-order valence-electron chi connectivity index (χ3n) is 5.41. The van der Waals surface area contributed by atoms with Gasteiger partial charge in [0.15, 0.2) is 0 Å². The molecule has 1 aliphatic heterocycles. The van der Waals surface area contributed by atoms with Crippen molar-refractivity contribution in [1.29, 1.82) is 0 Å². The summed E-state index contributed by atoms with van der Waals surface area (Å²) >= 11 is 0. The Balaban J connectivity index is 1.64. The molecule has 1 heterocycles. The second kappa shape index (κ2) is 7.59. The van der Waals surface area contributed by atoms with Crippen LogP contribution in [0.2, 0.25) is 0 Å². The normalized spacial score (nSPS) is 29.0. The smallest absolute Gasteiger partial charge is 0.306 e. The third kappa shape index (κ3) is 4.32. The van der Waals surface area contributed by atoms with Gasteiger partial charge in [0.05, 0.1) is 10.8 Å². The molecule has 27 heavy (non-hydrogen) atoms. The molecule has 0 aromatic heterocycles. The monoisotopic (exact) mass is 394 g/mol. The molecule has 2 aliphatic rings. The van der Waals surface area contributed by atoms with Crippen molar-refractivity contribution in [2.75, 3.05) is 13.1 Å². The number of sulfonamides is 1. The highest BCUT2D eigenvalue weighted by Crippen LogP contribution is 2.28. The van der Waals surface area contributed by atoms with Crippen molar-refractivity contribution in [3.05, 3.63) is 29.8 Å². The fourth-order valence-corrected chi connectivity index (χ4v) is 5.62. The molecular formula is C19H26N2O5S. The topological polar surface area (TPSA) is 104 Å². The summed E-state index contributed by atoms with van der Waals surface area (Å²) in [6, 6.07) is 5.81. The minimum absolute atomic E-state index is 0.140. The third-order valence-corrected chi connectivity index (χ3v) is 7.26. The number of nitrogens with one attached hydrogen (secondary N) is 1. The molecular weight excluding hydrogens is 368 g/mol. The van der Waals surface area contributed by atoms with E-state index < -0.39 is 21.9 Å². The van der Waals surface area contributed by atoms with Crippen molar-refractivity contribution < 1.29 is 23.1 Å². The zero-order valence-corrected chi connectivity index (χ0v) is 16.4.